The van der Waals surface area contributed by atoms with E-state index in [4.69, 9.17) is 4.98 Å². The minimum absolute atomic E-state index is 0.0577. The van der Waals surface area contributed by atoms with E-state index in [1.165, 1.54) is 11.3 Å². The van der Waals surface area contributed by atoms with Gasteiger partial charge in [-0.15, -0.1) is 11.3 Å². The molecule has 11 nitrogen and oxygen atoms in total. The quantitative estimate of drug-likeness (QED) is 0.251. The third-order valence-electron chi connectivity index (χ3n) is 6.00. The lowest BCUT2D eigenvalue weighted by Crippen LogP contribution is -2.39. The maximum atomic E-state index is 12.9. The molecule has 194 valence electrons. The van der Waals surface area contributed by atoms with Gasteiger partial charge in [-0.25, -0.2) is 9.78 Å². The van der Waals surface area contributed by atoms with Crippen LogP contribution in [0.15, 0.2) is 30.1 Å². The minimum atomic E-state index is -0.563. The number of amides is 4. The summed E-state index contributed by atoms with van der Waals surface area (Å²) >= 11 is 1.37. The van der Waals surface area contributed by atoms with E-state index in [2.05, 4.69) is 45.1 Å². The van der Waals surface area contributed by atoms with Crippen LogP contribution in [0.2, 0.25) is 0 Å². The van der Waals surface area contributed by atoms with Crippen LogP contribution in [0.5, 0.6) is 0 Å². The Bertz CT molecular complexity index is 1420. The summed E-state index contributed by atoms with van der Waals surface area (Å²) in [5.41, 5.74) is 1.89. The predicted octanol–water partition coefficient (Wildman–Crippen LogP) is 2.53. The van der Waals surface area contributed by atoms with Crippen LogP contribution in [-0.4, -0.2) is 70.6 Å². The van der Waals surface area contributed by atoms with Crippen molar-refractivity contribution < 1.29 is 14.4 Å². The third-order valence-corrected chi connectivity index (χ3v) is 7.11. The van der Waals surface area contributed by atoms with Gasteiger partial charge in [0.2, 0.25) is 0 Å². The van der Waals surface area contributed by atoms with Crippen molar-refractivity contribution in [1.82, 2.24) is 35.4 Å². The molecule has 5 rings (SSSR count). The van der Waals surface area contributed by atoms with E-state index in [9.17, 15) is 14.4 Å². The number of thiophene rings is 1. The number of nitrogens with zero attached hydrogens (tertiary/aromatic N) is 4. The van der Waals surface area contributed by atoms with Crippen LogP contribution in [0.4, 0.5) is 10.6 Å². The summed E-state index contributed by atoms with van der Waals surface area (Å²) in [7, 11) is 4.04. The van der Waals surface area contributed by atoms with Gasteiger partial charge in [0, 0.05) is 30.8 Å². The summed E-state index contributed by atoms with van der Waals surface area (Å²) in [6.45, 7) is 5.67. The molecular formula is C25H30N8O3S. The second kappa shape index (κ2) is 9.60. The Hall–Kier alpha value is -3.77. The molecule has 4 N–H and O–H groups in total. The highest BCUT2D eigenvalue weighted by Gasteiger charge is 2.26. The second-order valence-electron chi connectivity index (χ2n) is 10.5. The highest BCUT2D eigenvalue weighted by atomic mass is 32.1. The van der Waals surface area contributed by atoms with Crippen LogP contribution < -0.4 is 21.3 Å². The summed E-state index contributed by atoms with van der Waals surface area (Å²) in [6.07, 6.45) is 5.33. The number of anilines is 1. The first-order chi connectivity index (χ1) is 17.6. The van der Waals surface area contributed by atoms with Crippen LogP contribution in [0.1, 0.15) is 41.9 Å². The number of aromatic nitrogens is 3. The summed E-state index contributed by atoms with van der Waals surface area (Å²) in [4.78, 5) is 44.8. The average Bonchev–Trinajstić information content (AvgIpc) is 3.20. The molecule has 0 spiro atoms. The van der Waals surface area contributed by atoms with Crippen molar-refractivity contribution in [3.63, 3.8) is 0 Å². The maximum absolute atomic E-state index is 12.9. The lowest BCUT2D eigenvalue weighted by atomic mass is 9.93. The summed E-state index contributed by atoms with van der Waals surface area (Å²) in [6, 6.07) is 5.44. The highest BCUT2D eigenvalue weighted by molar-refractivity contribution is 7.17. The van der Waals surface area contributed by atoms with Crippen LogP contribution in [-0.2, 0) is 4.79 Å². The molecule has 0 unspecified atom stereocenters. The number of rotatable bonds is 9. The molecule has 3 aromatic heterocycles. The number of fused-ring (bicyclic) bond motifs is 1. The minimum Gasteiger partial charge on any atom is -0.367 e. The van der Waals surface area contributed by atoms with Crippen molar-refractivity contribution in [2.45, 2.75) is 32.7 Å². The normalized spacial score (nSPS) is 16.9. The van der Waals surface area contributed by atoms with Crippen LogP contribution in [0.25, 0.3) is 22.3 Å². The molecule has 12 heteroatoms. The van der Waals surface area contributed by atoms with Gasteiger partial charge in [-0.1, -0.05) is 13.8 Å². The Labute approximate surface area is 218 Å². The lowest BCUT2D eigenvalue weighted by Gasteiger charge is -2.28. The van der Waals surface area contributed by atoms with E-state index >= 15 is 0 Å². The Morgan fingerprint density at radius 1 is 1.27 bits per heavy atom. The molecule has 0 bridgehead atoms. The van der Waals surface area contributed by atoms with E-state index < -0.39 is 11.9 Å². The van der Waals surface area contributed by atoms with Crippen LogP contribution in [0, 0.1) is 5.41 Å². The van der Waals surface area contributed by atoms with Gasteiger partial charge in [0.1, 0.15) is 11.5 Å². The lowest BCUT2D eigenvalue weighted by molar-refractivity contribution is -0.115. The van der Waals surface area contributed by atoms with Gasteiger partial charge in [0.15, 0.2) is 5.65 Å². The zero-order valence-corrected chi connectivity index (χ0v) is 22.0. The van der Waals surface area contributed by atoms with Crippen molar-refractivity contribution in [1.29, 1.82) is 0 Å². The van der Waals surface area contributed by atoms with E-state index in [1.807, 2.05) is 32.3 Å². The van der Waals surface area contributed by atoms with Crippen molar-refractivity contribution in [2.75, 3.05) is 32.5 Å². The standard InChI is InChI=1S/C25H30N8O3S/c1-25(2,13-32(3)4)12-26-23(35)19-8-7-18(37-19)16-10-20(28-15-5-6-15)33-21(29-16)14(11-27-33)9-17-22(34)31-24(36)30-17/h7-11,15,28H,5-6,12-13H2,1-4H3,(H,26,35)(H2,30,31,34,36)/b17-9-. The number of urea groups is 1. The van der Waals surface area contributed by atoms with E-state index in [0.717, 1.165) is 30.1 Å². The molecule has 1 aliphatic heterocycles. The van der Waals surface area contributed by atoms with Crippen LogP contribution >= 0.6 is 11.3 Å². The van der Waals surface area contributed by atoms with Crippen molar-refractivity contribution in [3.8, 4) is 10.6 Å². The number of hydrogen-bond donors (Lipinski definition) is 4. The number of carbonyl (C=O) groups excluding carboxylic acids is 3. The molecule has 2 aliphatic rings. The van der Waals surface area contributed by atoms with Gasteiger partial charge < -0.3 is 20.9 Å². The molecule has 0 aromatic carbocycles. The van der Waals surface area contributed by atoms with Gasteiger partial charge in [0.05, 0.1) is 21.6 Å². The van der Waals surface area contributed by atoms with E-state index in [1.54, 1.807) is 16.8 Å². The third kappa shape index (κ3) is 5.65. The molecule has 2 fully saturated rings. The van der Waals surface area contributed by atoms with Gasteiger partial charge in [-0.3, -0.25) is 14.9 Å². The topological polar surface area (TPSA) is 133 Å². The van der Waals surface area contributed by atoms with Crippen molar-refractivity contribution in [2.24, 2.45) is 5.41 Å². The van der Waals surface area contributed by atoms with E-state index in [-0.39, 0.29) is 17.0 Å². The summed E-state index contributed by atoms with van der Waals surface area (Å²) in [5, 5.41) is 15.7. The number of hydrogen-bond acceptors (Lipinski definition) is 8. The largest absolute Gasteiger partial charge is 0.367 e. The Balaban J connectivity index is 1.44. The Kier molecular flexibility index (Phi) is 6.46. The highest BCUT2D eigenvalue weighted by Crippen LogP contribution is 2.32. The van der Waals surface area contributed by atoms with Gasteiger partial charge in [0.25, 0.3) is 11.8 Å². The predicted molar refractivity (Wildman–Crippen MR) is 142 cm³/mol. The summed E-state index contributed by atoms with van der Waals surface area (Å²) in [5.74, 6) is 0.162. The molecule has 1 aliphatic carbocycles. The molecule has 0 atom stereocenters. The second-order valence-corrected chi connectivity index (χ2v) is 11.6. The first-order valence-electron chi connectivity index (χ1n) is 12.1. The van der Waals surface area contributed by atoms with Gasteiger partial charge >= 0.3 is 6.03 Å². The van der Waals surface area contributed by atoms with Gasteiger partial charge in [-0.05, 0) is 50.6 Å². The average molecular weight is 523 g/mol. The number of carbonyl (C=O) groups is 3. The molecule has 4 amide bonds. The fraction of sp³-hybridized carbons (Fsp3) is 0.400. The molecule has 4 heterocycles. The SMILES string of the molecule is CN(C)CC(C)(C)CNC(=O)c1ccc(-c2cc(NC3CC3)n3ncc(/C=C4\NC(=O)NC4=O)c3n2)s1. The summed E-state index contributed by atoms with van der Waals surface area (Å²) < 4.78 is 1.69. The zero-order valence-electron chi connectivity index (χ0n) is 21.2. The zero-order chi connectivity index (χ0) is 26.3. The fourth-order valence-electron chi connectivity index (χ4n) is 4.30. The molecule has 3 aromatic rings. The first-order valence-corrected chi connectivity index (χ1v) is 12.9. The molecular weight excluding hydrogens is 492 g/mol. The molecule has 0 radical (unpaired) electrons. The van der Waals surface area contributed by atoms with E-state index in [0.29, 0.717) is 34.4 Å². The maximum Gasteiger partial charge on any atom is 0.326 e. The number of imide groups is 1. The van der Waals surface area contributed by atoms with Crippen molar-refractivity contribution >= 4 is 46.7 Å². The monoisotopic (exact) mass is 522 g/mol. The molecule has 1 saturated carbocycles. The fourth-order valence-corrected chi connectivity index (χ4v) is 5.18. The Morgan fingerprint density at radius 2 is 2.05 bits per heavy atom. The molecule has 37 heavy (non-hydrogen) atoms. The molecule has 1 saturated heterocycles. The number of nitrogens with one attached hydrogen (secondary N) is 4. The first kappa shape index (κ1) is 24.9. The smallest absolute Gasteiger partial charge is 0.326 e. The van der Waals surface area contributed by atoms with Crippen LogP contribution in [0.3, 0.4) is 0 Å². The Morgan fingerprint density at radius 3 is 2.73 bits per heavy atom. The van der Waals surface area contributed by atoms with Gasteiger partial charge in [-0.2, -0.15) is 9.61 Å². The van der Waals surface area contributed by atoms with Crippen molar-refractivity contribution in [3.05, 3.63) is 40.5 Å².